The molecule has 138 valence electrons. The van der Waals surface area contributed by atoms with Gasteiger partial charge >= 0.3 is 5.51 Å². The highest BCUT2D eigenvalue weighted by molar-refractivity contribution is 7.86. The topological polar surface area (TPSA) is 81.0 Å². The lowest BCUT2D eigenvalue weighted by atomic mass is 9.74. The number of likely N-dealkylation sites (N-methyl/N-ethyl adjacent to an activating group) is 1. The van der Waals surface area contributed by atoms with E-state index in [1.807, 2.05) is 24.3 Å². The third kappa shape index (κ3) is 4.39. The number of benzene rings is 1. The third-order valence-corrected chi connectivity index (χ3v) is 5.12. The summed E-state index contributed by atoms with van der Waals surface area (Å²) in [7, 11) is -3.94. The van der Waals surface area contributed by atoms with Crippen molar-refractivity contribution in [2.45, 2.75) is 30.4 Å². The Labute approximate surface area is 145 Å². The maximum Gasteiger partial charge on any atom is 0.485 e. The van der Waals surface area contributed by atoms with E-state index in [4.69, 9.17) is 13.0 Å². The van der Waals surface area contributed by atoms with Crippen LogP contribution in [-0.2, 0) is 10.1 Å². The molecule has 1 fully saturated rings. The van der Waals surface area contributed by atoms with E-state index in [-0.39, 0.29) is 6.04 Å². The zero-order valence-electron chi connectivity index (χ0n) is 13.8. The van der Waals surface area contributed by atoms with Gasteiger partial charge < -0.3 is 9.04 Å². The van der Waals surface area contributed by atoms with E-state index in [2.05, 4.69) is 38.8 Å². The minimum atomic E-state index is -6.09. The Hall–Kier alpha value is -1.89. The summed E-state index contributed by atoms with van der Waals surface area (Å²) in [5.74, 6) is 0.353. The summed E-state index contributed by atoms with van der Waals surface area (Å²) in [6.07, 6.45) is 1.92. The van der Waals surface area contributed by atoms with E-state index in [1.54, 1.807) is 0 Å². The molecule has 9 heteroatoms. The molecule has 0 bridgehead atoms. The lowest BCUT2D eigenvalue weighted by Crippen LogP contribution is -2.72. The predicted molar refractivity (Wildman–Crippen MR) is 85.0 cm³/mol. The van der Waals surface area contributed by atoms with Crippen LogP contribution >= 0.6 is 0 Å². The van der Waals surface area contributed by atoms with Gasteiger partial charge in [-0.3, -0.25) is 0 Å². The van der Waals surface area contributed by atoms with E-state index < -0.39 is 15.6 Å². The van der Waals surface area contributed by atoms with Crippen LogP contribution in [0, 0.1) is 11.3 Å². The lowest BCUT2D eigenvalue weighted by molar-refractivity contribution is -0.987. The molecule has 0 N–H and O–H groups in total. The molecule has 4 atom stereocenters. The van der Waals surface area contributed by atoms with Crippen LogP contribution in [0.25, 0.3) is 0 Å². The Bertz CT molecular complexity index is 744. The molecule has 1 aromatic rings. The summed E-state index contributed by atoms with van der Waals surface area (Å²) >= 11 is 0. The van der Waals surface area contributed by atoms with Crippen molar-refractivity contribution in [3.8, 4) is 6.07 Å². The summed E-state index contributed by atoms with van der Waals surface area (Å²) in [5, 5.41) is 9.40. The molecule has 0 saturated carbocycles. The van der Waals surface area contributed by atoms with E-state index >= 15 is 0 Å². The molecule has 2 rings (SSSR count). The molecule has 0 aliphatic carbocycles. The number of nitrogens with zero attached hydrogens (tertiary/aromatic N) is 2. The summed E-state index contributed by atoms with van der Waals surface area (Å²) < 4.78 is 59.7. The molecule has 5 nitrogen and oxygen atoms in total. The standard InChI is InChI=1S/C15H19N2.CHF3O3S/c1-4-10-17(3)12(2)15(14(17)11-16)13-8-6-5-7-9-13;2-1(3,4)8(5,6)7/h4-9,12,14-15H,1,10H2,2-3H3;(H,5,6,7)/q+1;/p-1/t12-,14+,15+,17+;/m0./s1. The van der Waals surface area contributed by atoms with Gasteiger partial charge in [0.2, 0.25) is 0 Å². The largest absolute Gasteiger partial charge is 0.741 e. The maximum absolute atomic E-state index is 10.7. The second-order valence-electron chi connectivity index (χ2n) is 5.97. The van der Waals surface area contributed by atoms with E-state index in [0.717, 1.165) is 11.0 Å². The average molecular weight is 376 g/mol. The van der Waals surface area contributed by atoms with Crippen LogP contribution < -0.4 is 0 Å². The fourth-order valence-corrected chi connectivity index (χ4v) is 3.06. The number of quaternary nitrogens is 1. The van der Waals surface area contributed by atoms with Gasteiger partial charge in [-0.05, 0) is 18.6 Å². The Morgan fingerprint density at radius 1 is 1.36 bits per heavy atom. The third-order valence-electron chi connectivity index (χ3n) is 4.55. The van der Waals surface area contributed by atoms with Crippen LogP contribution in [0.3, 0.4) is 0 Å². The number of halogens is 3. The maximum atomic E-state index is 10.7. The first kappa shape index (κ1) is 21.2. The van der Waals surface area contributed by atoms with Gasteiger partial charge in [-0.15, -0.1) is 0 Å². The highest BCUT2D eigenvalue weighted by Crippen LogP contribution is 2.45. The Balaban J connectivity index is 0.000000333. The van der Waals surface area contributed by atoms with Crippen LogP contribution in [0.15, 0.2) is 43.0 Å². The van der Waals surface area contributed by atoms with Gasteiger partial charge in [0.05, 0.1) is 13.6 Å². The molecular formula is C16H19F3N2O3S. The first-order chi connectivity index (χ1) is 11.4. The number of hydrogen-bond donors (Lipinski definition) is 0. The van der Waals surface area contributed by atoms with Gasteiger partial charge in [-0.25, -0.2) is 8.42 Å². The highest BCUT2D eigenvalue weighted by Gasteiger charge is 2.58. The van der Waals surface area contributed by atoms with Gasteiger partial charge in [0, 0.05) is 0 Å². The zero-order chi connectivity index (χ0) is 19.5. The minimum absolute atomic E-state index is 0.0467. The fraction of sp³-hybridized carbons (Fsp3) is 0.438. The van der Waals surface area contributed by atoms with Crippen LogP contribution in [0.5, 0.6) is 0 Å². The zero-order valence-corrected chi connectivity index (χ0v) is 14.6. The van der Waals surface area contributed by atoms with Crippen molar-refractivity contribution in [3.63, 3.8) is 0 Å². The summed E-state index contributed by atoms with van der Waals surface area (Å²) in [5.41, 5.74) is -4.36. The summed E-state index contributed by atoms with van der Waals surface area (Å²) in [6.45, 7) is 6.90. The number of hydrogen-bond acceptors (Lipinski definition) is 4. The first-order valence-electron chi connectivity index (χ1n) is 7.32. The Morgan fingerprint density at radius 2 is 1.84 bits per heavy atom. The van der Waals surface area contributed by atoms with Crippen molar-refractivity contribution in [2.75, 3.05) is 13.6 Å². The molecule has 1 heterocycles. The summed E-state index contributed by atoms with van der Waals surface area (Å²) in [6, 6.07) is 13.4. The summed E-state index contributed by atoms with van der Waals surface area (Å²) in [4.78, 5) is 0. The molecule has 1 aliphatic heterocycles. The van der Waals surface area contributed by atoms with Crippen LogP contribution in [0.2, 0.25) is 0 Å². The number of alkyl halides is 3. The van der Waals surface area contributed by atoms with Crippen LogP contribution in [0.1, 0.15) is 18.4 Å². The highest BCUT2D eigenvalue weighted by atomic mass is 32.2. The molecule has 0 spiro atoms. The first-order valence-corrected chi connectivity index (χ1v) is 8.73. The van der Waals surface area contributed by atoms with Gasteiger partial charge in [0.15, 0.2) is 16.2 Å². The number of likely N-dealkylation sites (tertiary alicyclic amines) is 1. The van der Waals surface area contributed by atoms with Crippen molar-refractivity contribution < 1.29 is 30.6 Å². The van der Waals surface area contributed by atoms with Crippen LogP contribution in [-0.4, -0.2) is 48.6 Å². The monoisotopic (exact) mass is 376 g/mol. The molecule has 0 amide bonds. The van der Waals surface area contributed by atoms with Gasteiger partial charge in [0.1, 0.15) is 18.0 Å². The normalized spacial score (nSPS) is 28.8. The molecule has 0 unspecified atom stereocenters. The van der Waals surface area contributed by atoms with E-state index in [1.165, 1.54) is 5.56 Å². The Morgan fingerprint density at radius 3 is 2.20 bits per heavy atom. The SMILES string of the molecule is C=CC[N@@+]1(C)[C@H](C#N)[C@@H](c2ccccc2)[C@@H]1C.O=S(=O)([O-])C(F)(F)F. The molecule has 0 aromatic heterocycles. The molecule has 1 aliphatic rings. The van der Waals surface area contributed by atoms with E-state index in [0.29, 0.717) is 12.0 Å². The van der Waals surface area contributed by atoms with E-state index in [9.17, 15) is 18.4 Å². The lowest BCUT2D eigenvalue weighted by Gasteiger charge is -2.57. The second kappa shape index (κ2) is 7.56. The van der Waals surface area contributed by atoms with Gasteiger partial charge in [-0.2, -0.15) is 18.4 Å². The molecular weight excluding hydrogens is 357 g/mol. The van der Waals surface area contributed by atoms with Gasteiger partial charge in [0.25, 0.3) is 0 Å². The smallest absolute Gasteiger partial charge is 0.485 e. The Kier molecular flexibility index (Phi) is 6.39. The molecule has 0 radical (unpaired) electrons. The number of nitriles is 1. The van der Waals surface area contributed by atoms with Crippen molar-refractivity contribution in [2.24, 2.45) is 0 Å². The minimum Gasteiger partial charge on any atom is -0.741 e. The fourth-order valence-electron chi connectivity index (χ4n) is 3.06. The average Bonchev–Trinajstić information content (AvgIpc) is 2.51. The predicted octanol–water partition coefficient (Wildman–Crippen LogP) is 2.75. The van der Waals surface area contributed by atoms with Gasteiger partial charge in [-0.1, -0.05) is 36.9 Å². The quantitative estimate of drug-likeness (QED) is 0.352. The van der Waals surface area contributed by atoms with Crippen molar-refractivity contribution in [1.82, 2.24) is 0 Å². The van der Waals surface area contributed by atoms with Crippen molar-refractivity contribution >= 4 is 10.1 Å². The van der Waals surface area contributed by atoms with Crippen molar-refractivity contribution in [3.05, 3.63) is 48.6 Å². The van der Waals surface area contributed by atoms with Crippen molar-refractivity contribution in [1.29, 1.82) is 5.26 Å². The molecule has 1 saturated heterocycles. The molecule has 1 aromatic carbocycles. The number of rotatable bonds is 3. The second-order valence-corrected chi connectivity index (χ2v) is 7.34. The van der Waals surface area contributed by atoms with Crippen LogP contribution in [0.4, 0.5) is 13.2 Å². The molecule has 25 heavy (non-hydrogen) atoms.